The number of nitrogens with zero attached hydrogens (tertiary/aromatic N) is 2. The Labute approximate surface area is 172 Å². The van der Waals surface area contributed by atoms with E-state index in [0.717, 1.165) is 4.88 Å². The summed E-state index contributed by atoms with van der Waals surface area (Å²) >= 11 is 13.5. The van der Waals surface area contributed by atoms with Crippen LogP contribution in [-0.2, 0) is 10.0 Å². The Kier molecular flexibility index (Phi) is 6.02. The summed E-state index contributed by atoms with van der Waals surface area (Å²) in [5, 5.41) is 0.505. The van der Waals surface area contributed by atoms with E-state index in [1.54, 1.807) is 17.0 Å². The number of benzene rings is 1. The molecule has 0 atom stereocenters. The zero-order valence-electron chi connectivity index (χ0n) is 14.7. The summed E-state index contributed by atoms with van der Waals surface area (Å²) < 4.78 is 32.2. The number of halogens is 2. The fourth-order valence-corrected chi connectivity index (χ4v) is 6.37. The molecule has 0 spiro atoms. The van der Waals surface area contributed by atoms with E-state index in [9.17, 15) is 13.2 Å². The van der Waals surface area contributed by atoms with E-state index in [4.69, 9.17) is 27.9 Å². The first kappa shape index (κ1) is 20.4. The molecular formula is C17H18Cl2N2O4S2. The van der Waals surface area contributed by atoms with Gasteiger partial charge < -0.3 is 9.64 Å². The molecule has 1 aromatic carbocycles. The first-order chi connectivity index (χ1) is 12.7. The number of carbonyl (C=O) groups is 1. The lowest BCUT2D eigenvalue weighted by atomic mass is 10.1. The van der Waals surface area contributed by atoms with Gasteiger partial charge in [0.05, 0.1) is 17.2 Å². The molecule has 2 aromatic rings. The van der Waals surface area contributed by atoms with Crippen molar-refractivity contribution in [1.82, 2.24) is 9.21 Å². The van der Waals surface area contributed by atoms with E-state index in [-0.39, 0.29) is 29.0 Å². The molecular weight excluding hydrogens is 431 g/mol. The molecule has 1 aliphatic heterocycles. The Morgan fingerprint density at radius 3 is 2.19 bits per heavy atom. The van der Waals surface area contributed by atoms with E-state index in [1.807, 2.05) is 6.92 Å². The van der Waals surface area contributed by atoms with Crippen LogP contribution in [-0.4, -0.2) is 56.8 Å². The van der Waals surface area contributed by atoms with Crippen LogP contribution in [0, 0.1) is 6.92 Å². The van der Waals surface area contributed by atoms with Gasteiger partial charge in [-0.2, -0.15) is 4.31 Å². The molecule has 6 nitrogen and oxygen atoms in total. The lowest BCUT2D eigenvalue weighted by Crippen LogP contribution is -2.50. The number of thiophene rings is 1. The van der Waals surface area contributed by atoms with Gasteiger partial charge in [-0.3, -0.25) is 4.79 Å². The first-order valence-electron chi connectivity index (χ1n) is 8.13. The molecule has 0 N–H and O–H groups in total. The van der Waals surface area contributed by atoms with Gasteiger partial charge in [0.25, 0.3) is 15.9 Å². The number of ether oxygens (including phenoxy) is 1. The average Bonchev–Trinajstić information content (AvgIpc) is 3.08. The Morgan fingerprint density at radius 1 is 1.11 bits per heavy atom. The molecule has 10 heteroatoms. The molecule has 1 saturated heterocycles. The van der Waals surface area contributed by atoms with Crippen molar-refractivity contribution in [3.8, 4) is 5.75 Å². The molecule has 3 rings (SSSR count). The molecule has 27 heavy (non-hydrogen) atoms. The van der Waals surface area contributed by atoms with Gasteiger partial charge in [0, 0.05) is 36.6 Å². The van der Waals surface area contributed by atoms with Crippen LogP contribution in [0.3, 0.4) is 0 Å². The van der Waals surface area contributed by atoms with Crippen LogP contribution in [0.15, 0.2) is 28.5 Å². The van der Waals surface area contributed by atoms with E-state index >= 15 is 0 Å². The van der Waals surface area contributed by atoms with Gasteiger partial charge in [0.2, 0.25) is 0 Å². The number of piperazine rings is 1. The van der Waals surface area contributed by atoms with Crippen molar-refractivity contribution in [1.29, 1.82) is 0 Å². The molecule has 0 saturated carbocycles. The highest BCUT2D eigenvalue weighted by atomic mass is 35.5. The Balaban J connectivity index is 1.71. The molecule has 0 unspecified atom stereocenters. The first-order valence-corrected chi connectivity index (χ1v) is 11.1. The maximum atomic E-state index is 12.7. The zero-order chi connectivity index (χ0) is 19.8. The van der Waals surface area contributed by atoms with Crippen LogP contribution >= 0.6 is 34.5 Å². The Hall–Kier alpha value is -1.32. The smallest absolute Gasteiger partial charge is 0.254 e. The second-order valence-electron chi connectivity index (χ2n) is 6.03. The highest BCUT2D eigenvalue weighted by Crippen LogP contribution is 2.34. The Morgan fingerprint density at radius 2 is 1.70 bits per heavy atom. The van der Waals surface area contributed by atoms with Crippen LogP contribution in [0.25, 0.3) is 0 Å². The molecule has 146 valence electrons. The largest absolute Gasteiger partial charge is 0.494 e. The van der Waals surface area contributed by atoms with E-state index < -0.39 is 10.0 Å². The van der Waals surface area contributed by atoms with Crippen LogP contribution in [0.2, 0.25) is 10.0 Å². The van der Waals surface area contributed by atoms with Crippen molar-refractivity contribution in [3.63, 3.8) is 0 Å². The number of hydrogen-bond acceptors (Lipinski definition) is 5. The maximum Gasteiger partial charge on any atom is 0.254 e. The van der Waals surface area contributed by atoms with Gasteiger partial charge >= 0.3 is 0 Å². The summed E-state index contributed by atoms with van der Waals surface area (Å²) in [6.45, 7) is 2.93. The molecule has 1 fully saturated rings. The average molecular weight is 449 g/mol. The highest BCUT2D eigenvalue weighted by molar-refractivity contribution is 7.91. The summed E-state index contributed by atoms with van der Waals surface area (Å²) in [5.41, 5.74) is 0.344. The van der Waals surface area contributed by atoms with E-state index in [0.29, 0.717) is 28.6 Å². The number of hydrogen-bond donors (Lipinski definition) is 0. The van der Waals surface area contributed by atoms with Gasteiger partial charge in [-0.05, 0) is 31.2 Å². The van der Waals surface area contributed by atoms with Crippen LogP contribution in [0.1, 0.15) is 15.2 Å². The van der Waals surface area contributed by atoms with Crippen molar-refractivity contribution >= 4 is 50.5 Å². The zero-order valence-corrected chi connectivity index (χ0v) is 17.9. The third-order valence-corrected chi connectivity index (χ3v) is 8.21. The molecule has 2 heterocycles. The molecule has 0 radical (unpaired) electrons. The van der Waals surface area contributed by atoms with E-state index in [1.165, 1.54) is 34.9 Å². The lowest BCUT2D eigenvalue weighted by molar-refractivity contribution is 0.0698. The van der Waals surface area contributed by atoms with Gasteiger partial charge in [-0.25, -0.2) is 8.42 Å². The monoisotopic (exact) mass is 448 g/mol. The fraction of sp³-hybridized carbons (Fsp3) is 0.353. The van der Waals surface area contributed by atoms with Gasteiger partial charge in [-0.15, -0.1) is 11.3 Å². The summed E-state index contributed by atoms with van der Waals surface area (Å²) in [7, 11) is -2.07. The quantitative estimate of drug-likeness (QED) is 0.717. The predicted molar refractivity (Wildman–Crippen MR) is 107 cm³/mol. The number of amides is 1. The maximum absolute atomic E-state index is 12.7. The standard InChI is InChI=1S/C17H18Cl2N2O4S2/c1-11-3-4-15(26-11)27(23,24)21-7-5-20(6-8-21)17(22)12-9-13(18)16(25-2)14(19)10-12/h3-4,9-10H,5-8H2,1-2H3. The molecule has 1 aliphatic rings. The fourth-order valence-electron chi connectivity index (χ4n) is 2.87. The lowest BCUT2D eigenvalue weighted by Gasteiger charge is -2.33. The number of rotatable bonds is 4. The predicted octanol–water partition coefficient (Wildman–Crippen LogP) is 3.52. The van der Waals surface area contributed by atoms with Crippen LogP contribution in [0.5, 0.6) is 5.75 Å². The van der Waals surface area contributed by atoms with Crippen molar-refractivity contribution in [2.24, 2.45) is 0 Å². The van der Waals surface area contributed by atoms with Gasteiger partial charge in [0.1, 0.15) is 4.21 Å². The molecule has 1 aromatic heterocycles. The minimum Gasteiger partial charge on any atom is -0.494 e. The van der Waals surface area contributed by atoms with Crippen molar-refractivity contribution in [2.45, 2.75) is 11.1 Å². The second-order valence-corrected chi connectivity index (χ2v) is 10.3. The topological polar surface area (TPSA) is 66.9 Å². The number of carbonyl (C=O) groups excluding carboxylic acids is 1. The summed E-state index contributed by atoms with van der Waals surface area (Å²) in [6, 6.07) is 6.42. The summed E-state index contributed by atoms with van der Waals surface area (Å²) in [6.07, 6.45) is 0. The van der Waals surface area contributed by atoms with Gasteiger partial charge in [0.15, 0.2) is 5.75 Å². The van der Waals surface area contributed by atoms with E-state index in [2.05, 4.69) is 0 Å². The van der Waals surface area contributed by atoms with Crippen LogP contribution < -0.4 is 4.74 Å². The molecule has 0 aliphatic carbocycles. The third-order valence-electron chi connectivity index (χ3n) is 4.29. The van der Waals surface area contributed by atoms with Crippen molar-refractivity contribution in [2.75, 3.05) is 33.3 Å². The van der Waals surface area contributed by atoms with Crippen molar-refractivity contribution < 1.29 is 17.9 Å². The minimum absolute atomic E-state index is 0.239. The third kappa shape index (κ3) is 4.09. The number of aryl methyl sites for hydroxylation is 1. The minimum atomic E-state index is -3.52. The second kappa shape index (κ2) is 7.97. The Bertz CT molecular complexity index is 944. The summed E-state index contributed by atoms with van der Waals surface area (Å²) in [5.74, 6) is 0.0718. The van der Waals surface area contributed by atoms with Crippen molar-refractivity contribution in [3.05, 3.63) is 44.8 Å². The normalized spacial score (nSPS) is 15.8. The summed E-state index contributed by atoms with van der Waals surface area (Å²) in [4.78, 5) is 15.3. The number of sulfonamides is 1. The molecule has 0 bridgehead atoms. The molecule has 1 amide bonds. The van der Waals surface area contributed by atoms with Crippen LogP contribution in [0.4, 0.5) is 0 Å². The SMILES string of the molecule is COc1c(Cl)cc(C(=O)N2CCN(S(=O)(=O)c3ccc(C)s3)CC2)cc1Cl. The van der Waals surface area contributed by atoms with Gasteiger partial charge in [-0.1, -0.05) is 23.2 Å². The highest BCUT2D eigenvalue weighted by Gasteiger charge is 2.31. The number of methoxy groups -OCH3 is 1.